The van der Waals surface area contributed by atoms with Crippen LogP contribution in [0.2, 0.25) is 0 Å². The smallest absolute Gasteiger partial charge is 0.137 e. The van der Waals surface area contributed by atoms with Crippen LogP contribution in [0.4, 0.5) is 0 Å². The number of aromatic nitrogens is 3. The summed E-state index contributed by atoms with van der Waals surface area (Å²) in [7, 11) is 0. The highest BCUT2D eigenvalue weighted by atomic mass is 79.9. The van der Waals surface area contributed by atoms with E-state index in [9.17, 15) is 0 Å². The van der Waals surface area contributed by atoms with E-state index in [0.29, 0.717) is 12.5 Å². The van der Waals surface area contributed by atoms with Crippen molar-refractivity contribution in [3.63, 3.8) is 0 Å². The van der Waals surface area contributed by atoms with Crippen molar-refractivity contribution in [1.82, 2.24) is 14.8 Å². The molecule has 2 aromatic rings. The van der Waals surface area contributed by atoms with Crippen LogP contribution in [0, 0.1) is 5.92 Å². The molecule has 1 aromatic heterocycles. The van der Waals surface area contributed by atoms with Crippen molar-refractivity contribution in [1.29, 1.82) is 0 Å². The molecule has 5 heteroatoms. The van der Waals surface area contributed by atoms with Gasteiger partial charge in [-0.3, -0.25) is 0 Å². The molecule has 0 radical (unpaired) electrons. The quantitative estimate of drug-likeness (QED) is 0.872. The van der Waals surface area contributed by atoms with Crippen LogP contribution in [0.5, 0.6) is 0 Å². The Morgan fingerprint density at radius 1 is 1.32 bits per heavy atom. The van der Waals surface area contributed by atoms with Gasteiger partial charge < -0.3 is 4.74 Å². The first-order valence-corrected chi connectivity index (χ1v) is 7.17. The topological polar surface area (TPSA) is 39.9 Å². The Morgan fingerprint density at radius 3 is 2.58 bits per heavy atom. The molecule has 0 N–H and O–H groups in total. The molecular weight excluding hydrogens is 306 g/mol. The van der Waals surface area contributed by atoms with Crippen LogP contribution >= 0.6 is 15.9 Å². The van der Waals surface area contributed by atoms with E-state index in [0.717, 1.165) is 4.47 Å². The van der Waals surface area contributed by atoms with Crippen LogP contribution < -0.4 is 0 Å². The first-order chi connectivity index (χ1) is 9.12. The molecule has 1 saturated heterocycles. The Balaban J connectivity index is 1.96. The van der Waals surface area contributed by atoms with E-state index >= 15 is 0 Å². The Labute approximate surface area is 120 Å². The fraction of sp³-hybridized carbons (Fsp3) is 0.429. The van der Waals surface area contributed by atoms with E-state index in [4.69, 9.17) is 4.74 Å². The lowest BCUT2D eigenvalue weighted by molar-refractivity contribution is -0.263. The fourth-order valence-corrected chi connectivity index (χ4v) is 3.00. The Morgan fingerprint density at radius 2 is 2.05 bits per heavy atom. The molecule has 0 aliphatic carbocycles. The normalized spacial score (nSPS) is 30.1. The molecule has 19 heavy (non-hydrogen) atoms. The van der Waals surface area contributed by atoms with E-state index in [1.165, 1.54) is 5.56 Å². The van der Waals surface area contributed by atoms with Gasteiger partial charge in [0.2, 0.25) is 0 Å². The predicted molar refractivity (Wildman–Crippen MR) is 75.6 cm³/mol. The van der Waals surface area contributed by atoms with Crippen LogP contribution in [0.15, 0.2) is 41.4 Å². The van der Waals surface area contributed by atoms with Gasteiger partial charge in [-0.25, -0.2) is 9.67 Å². The molecule has 3 atom stereocenters. The van der Waals surface area contributed by atoms with E-state index in [1.807, 2.05) is 4.68 Å². The summed E-state index contributed by atoms with van der Waals surface area (Å²) >= 11 is 3.47. The number of halogens is 1. The molecule has 3 unspecified atom stereocenters. The van der Waals surface area contributed by atoms with Crippen molar-refractivity contribution >= 4 is 15.9 Å². The second kappa shape index (κ2) is 4.72. The second-order valence-corrected chi connectivity index (χ2v) is 6.02. The third-order valence-electron chi connectivity index (χ3n) is 4.03. The molecule has 1 fully saturated rings. The molecule has 0 bridgehead atoms. The lowest BCUT2D eigenvalue weighted by atomic mass is 9.74. The minimum absolute atomic E-state index is 0.271. The first-order valence-electron chi connectivity index (χ1n) is 6.38. The predicted octanol–water partition coefficient (Wildman–Crippen LogP) is 2.99. The van der Waals surface area contributed by atoms with Gasteiger partial charge in [0.1, 0.15) is 18.3 Å². The molecule has 0 spiro atoms. The standard InChI is InChI=1S/C14H16BrN3O/c1-10-11(2)19-14(10,7-18-9-16-8-17-18)12-3-5-13(15)6-4-12/h3-6,8-11H,7H2,1-2H3. The van der Waals surface area contributed by atoms with Crippen molar-refractivity contribution < 1.29 is 4.74 Å². The lowest BCUT2D eigenvalue weighted by Crippen LogP contribution is -2.57. The Bertz CT molecular complexity index is 555. The second-order valence-electron chi connectivity index (χ2n) is 5.10. The van der Waals surface area contributed by atoms with Crippen LogP contribution in [0.3, 0.4) is 0 Å². The number of benzene rings is 1. The molecule has 1 aliphatic heterocycles. The minimum Gasteiger partial charge on any atom is -0.365 e. The molecule has 100 valence electrons. The number of nitrogens with zero attached hydrogens (tertiary/aromatic N) is 3. The van der Waals surface area contributed by atoms with Gasteiger partial charge in [0.05, 0.1) is 12.6 Å². The van der Waals surface area contributed by atoms with Gasteiger partial charge in [0.15, 0.2) is 0 Å². The number of hydrogen-bond donors (Lipinski definition) is 0. The van der Waals surface area contributed by atoms with Crippen molar-refractivity contribution in [3.8, 4) is 0 Å². The van der Waals surface area contributed by atoms with Crippen molar-refractivity contribution in [2.45, 2.75) is 32.1 Å². The summed E-state index contributed by atoms with van der Waals surface area (Å²) in [6.07, 6.45) is 3.56. The molecule has 1 aromatic carbocycles. The Hall–Kier alpha value is -1.20. The zero-order valence-electron chi connectivity index (χ0n) is 11.0. The zero-order valence-corrected chi connectivity index (χ0v) is 12.5. The largest absolute Gasteiger partial charge is 0.365 e. The molecule has 0 saturated carbocycles. The maximum absolute atomic E-state index is 6.13. The summed E-state index contributed by atoms with van der Waals surface area (Å²) in [6, 6.07) is 8.34. The maximum Gasteiger partial charge on any atom is 0.137 e. The van der Waals surface area contributed by atoms with Gasteiger partial charge in [-0.15, -0.1) is 0 Å². The Kier molecular flexibility index (Phi) is 3.19. The van der Waals surface area contributed by atoms with E-state index in [2.05, 4.69) is 64.1 Å². The van der Waals surface area contributed by atoms with Crippen LogP contribution in [0.1, 0.15) is 19.4 Å². The average molecular weight is 322 g/mol. The maximum atomic E-state index is 6.13. The van der Waals surface area contributed by atoms with Crippen molar-refractivity contribution in [2.75, 3.05) is 0 Å². The van der Waals surface area contributed by atoms with Gasteiger partial charge in [-0.05, 0) is 24.6 Å². The molecular formula is C14H16BrN3O. The highest BCUT2D eigenvalue weighted by Crippen LogP contribution is 2.48. The highest BCUT2D eigenvalue weighted by molar-refractivity contribution is 9.10. The van der Waals surface area contributed by atoms with Crippen LogP contribution in [-0.4, -0.2) is 20.9 Å². The molecule has 1 aliphatic rings. The number of rotatable bonds is 3. The third-order valence-corrected chi connectivity index (χ3v) is 4.56. The average Bonchev–Trinajstić information content (AvgIpc) is 2.91. The summed E-state index contributed by atoms with van der Waals surface area (Å²) < 4.78 is 9.05. The molecule has 2 heterocycles. The number of hydrogen-bond acceptors (Lipinski definition) is 3. The molecule has 0 amide bonds. The van der Waals surface area contributed by atoms with Crippen LogP contribution in [0.25, 0.3) is 0 Å². The third kappa shape index (κ3) is 2.11. The zero-order chi connectivity index (χ0) is 13.5. The molecule has 4 nitrogen and oxygen atoms in total. The van der Waals surface area contributed by atoms with Gasteiger partial charge in [0.25, 0.3) is 0 Å². The van der Waals surface area contributed by atoms with Gasteiger partial charge in [0, 0.05) is 10.4 Å². The van der Waals surface area contributed by atoms with Gasteiger partial charge in [-0.1, -0.05) is 35.0 Å². The fourth-order valence-electron chi connectivity index (χ4n) is 2.74. The van der Waals surface area contributed by atoms with E-state index in [-0.39, 0.29) is 11.7 Å². The lowest BCUT2D eigenvalue weighted by Gasteiger charge is -2.53. The van der Waals surface area contributed by atoms with Crippen molar-refractivity contribution in [3.05, 3.63) is 47.0 Å². The summed E-state index contributed by atoms with van der Waals surface area (Å²) in [4.78, 5) is 4.01. The monoisotopic (exact) mass is 321 g/mol. The summed E-state index contributed by atoms with van der Waals surface area (Å²) in [5.41, 5.74) is 0.894. The van der Waals surface area contributed by atoms with Crippen LogP contribution in [-0.2, 0) is 16.9 Å². The molecule has 3 rings (SSSR count). The summed E-state index contributed by atoms with van der Waals surface area (Å²) in [6.45, 7) is 5.04. The minimum atomic E-state index is -0.298. The van der Waals surface area contributed by atoms with Crippen molar-refractivity contribution in [2.24, 2.45) is 5.92 Å². The first kappa shape index (κ1) is 12.8. The summed E-state index contributed by atoms with van der Waals surface area (Å²) in [5, 5.41) is 4.20. The highest BCUT2D eigenvalue weighted by Gasteiger charge is 2.52. The van der Waals surface area contributed by atoms with Gasteiger partial charge >= 0.3 is 0 Å². The number of ether oxygens (including phenoxy) is 1. The van der Waals surface area contributed by atoms with E-state index in [1.54, 1.807) is 12.7 Å². The van der Waals surface area contributed by atoms with Gasteiger partial charge in [-0.2, -0.15) is 5.10 Å². The SMILES string of the molecule is CC1OC(Cn2cncn2)(c2ccc(Br)cc2)C1C. The summed E-state index contributed by atoms with van der Waals surface area (Å²) in [5.74, 6) is 0.442. The van der Waals surface area contributed by atoms with E-state index < -0.39 is 0 Å².